The first-order valence-corrected chi connectivity index (χ1v) is 13.6. The number of benzene rings is 1. The van der Waals surface area contributed by atoms with Crippen molar-refractivity contribution in [2.24, 2.45) is 5.92 Å². The lowest BCUT2D eigenvalue weighted by Gasteiger charge is -2.36. The minimum atomic E-state index is -1.03. The minimum Gasteiger partial charge on any atom is -0.508 e. The molecule has 0 fully saturated rings. The van der Waals surface area contributed by atoms with Crippen molar-refractivity contribution in [3.05, 3.63) is 58.2 Å². The largest absolute Gasteiger partial charge is 0.508 e. The van der Waals surface area contributed by atoms with E-state index in [1.807, 2.05) is 32.9 Å². The molecule has 0 bridgehead atoms. The van der Waals surface area contributed by atoms with E-state index in [2.05, 4.69) is 26.8 Å². The number of carbonyl (C=O) groups is 1. The molecule has 4 nitrogen and oxygen atoms in total. The summed E-state index contributed by atoms with van der Waals surface area (Å²) in [5.74, 6) is 1.69. The van der Waals surface area contributed by atoms with Crippen LogP contribution in [0, 0.1) is 12.8 Å². The summed E-state index contributed by atoms with van der Waals surface area (Å²) in [5, 5.41) is 19.8. The van der Waals surface area contributed by atoms with E-state index in [9.17, 15) is 15.0 Å². The Morgan fingerprint density at radius 1 is 1.14 bits per heavy atom. The molecule has 1 aliphatic rings. The van der Waals surface area contributed by atoms with Crippen LogP contribution in [0.5, 0.6) is 11.5 Å². The zero-order chi connectivity index (χ0) is 26.9. The molecule has 0 spiro atoms. The van der Waals surface area contributed by atoms with Crippen LogP contribution in [-0.4, -0.2) is 27.7 Å². The molecule has 1 heterocycles. The Hall–Kier alpha value is -2.33. The molecule has 0 aromatic heterocycles. The van der Waals surface area contributed by atoms with Crippen molar-refractivity contribution in [2.75, 3.05) is 0 Å². The number of aliphatic hydroxyl groups is 1. The van der Waals surface area contributed by atoms with Crippen LogP contribution in [0.1, 0.15) is 104 Å². The number of Topliss-reactive ketones (excluding diaryl/α,β-unsaturated/α-hetero) is 1. The summed E-state index contributed by atoms with van der Waals surface area (Å²) in [6.07, 6.45) is 14.2. The Labute approximate surface area is 219 Å². The number of ether oxygens (including phenoxy) is 1. The van der Waals surface area contributed by atoms with E-state index in [0.29, 0.717) is 17.2 Å². The number of carbonyl (C=O) groups excluding carboxylic acids is 1. The molecule has 3 atom stereocenters. The molecule has 0 saturated heterocycles. The average molecular weight is 497 g/mol. The van der Waals surface area contributed by atoms with Crippen molar-refractivity contribution in [1.82, 2.24) is 0 Å². The molecule has 200 valence electrons. The molecular weight excluding hydrogens is 448 g/mol. The summed E-state index contributed by atoms with van der Waals surface area (Å²) in [6, 6.07) is 3.61. The maximum absolute atomic E-state index is 12.2. The van der Waals surface area contributed by atoms with Gasteiger partial charge in [-0.1, -0.05) is 36.6 Å². The highest BCUT2D eigenvalue weighted by Crippen LogP contribution is 2.39. The van der Waals surface area contributed by atoms with E-state index in [-0.39, 0.29) is 11.4 Å². The van der Waals surface area contributed by atoms with Crippen LogP contribution in [0.3, 0.4) is 0 Å². The molecule has 1 aromatic carbocycles. The van der Waals surface area contributed by atoms with E-state index >= 15 is 0 Å². The number of aromatic hydroxyl groups is 1. The molecule has 4 heteroatoms. The van der Waals surface area contributed by atoms with Crippen LogP contribution in [0.15, 0.2) is 47.1 Å². The quantitative estimate of drug-likeness (QED) is 0.215. The number of hydrogen-bond acceptors (Lipinski definition) is 4. The van der Waals surface area contributed by atoms with Crippen LogP contribution in [0.4, 0.5) is 0 Å². The van der Waals surface area contributed by atoms with Crippen molar-refractivity contribution >= 4 is 5.78 Å². The van der Waals surface area contributed by atoms with E-state index in [1.54, 1.807) is 19.1 Å². The van der Waals surface area contributed by atoms with Crippen LogP contribution >= 0.6 is 0 Å². The Balaban J connectivity index is 1.70. The second kappa shape index (κ2) is 13.8. The Morgan fingerprint density at radius 2 is 1.86 bits per heavy atom. The van der Waals surface area contributed by atoms with Gasteiger partial charge in [0, 0.05) is 0 Å². The number of aliphatic hydroxyl groups excluding tert-OH is 1. The zero-order valence-electron chi connectivity index (χ0n) is 23.6. The zero-order valence-corrected chi connectivity index (χ0v) is 23.6. The van der Waals surface area contributed by atoms with Gasteiger partial charge in [-0.3, -0.25) is 4.79 Å². The Kier molecular flexibility index (Phi) is 11.5. The Morgan fingerprint density at radius 3 is 2.56 bits per heavy atom. The first-order chi connectivity index (χ1) is 16.9. The van der Waals surface area contributed by atoms with Crippen LogP contribution in [0.2, 0.25) is 0 Å². The van der Waals surface area contributed by atoms with Gasteiger partial charge in [0.1, 0.15) is 23.2 Å². The highest BCUT2D eigenvalue weighted by atomic mass is 16.5. The van der Waals surface area contributed by atoms with Crippen LogP contribution < -0.4 is 4.74 Å². The molecule has 0 radical (unpaired) electrons. The number of rotatable bonds is 13. The molecule has 36 heavy (non-hydrogen) atoms. The maximum Gasteiger partial charge on any atom is 0.190 e. The fourth-order valence-electron chi connectivity index (χ4n) is 4.94. The lowest BCUT2D eigenvalue weighted by atomic mass is 9.87. The highest BCUT2D eigenvalue weighted by Gasteiger charge is 2.32. The third kappa shape index (κ3) is 9.61. The third-order valence-corrected chi connectivity index (χ3v) is 7.30. The van der Waals surface area contributed by atoms with Gasteiger partial charge in [0.05, 0.1) is 0 Å². The second-order valence-electron chi connectivity index (χ2n) is 11.4. The van der Waals surface area contributed by atoms with Crippen LogP contribution in [-0.2, 0) is 11.2 Å². The van der Waals surface area contributed by atoms with Crippen molar-refractivity contribution in [2.45, 2.75) is 118 Å². The first-order valence-electron chi connectivity index (χ1n) is 13.6. The van der Waals surface area contributed by atoms with Crippen molar-refractivity contribution in [3.63, 3.8) is 0 Å². The van der Waals surface area contributed by atoms with Gasteiger partial charge in [-0.15, -0.1) is 0 Å². The highest BCUT2D eigenvalue weighted by molar-refractivity contribution is 5.99. The van der Waals surface area contributed by atoms with Gasteiger partial charge in [0.15, 0.2) is 5.78 Å². The third-order valence-electron chi connectivity index (χ3n) is 7.30. The summed E-state index contributed by atoms with van der Waals surface area (Å²) in [4.78, 5) is 12.2. The lowest BCUT2D eigenvalue weighted by Crippen LogP contribution is -2.36. The molecular formula is C32H48O4. The smallest absolute Gasteiger partial charge is 0.190 e. The SMILES string of the molecule is CC(C)=C[C@@H](O)C(=O)/C(C)=C/CCC(C)CCC/C(C)=C/CC[C@]1(C)CCc2cc(O)cc(C)c2O1. The van der Waals surface area contributed by atoms with E-state index in [1.165, 1.54) is 18.4 Å². The molecule has 0 aliphatic carbocycles. The lowest BCUT2D eigenvalue weighted by molar-refractivity contribution is -0.121. The van der Waals surface area contributed by atoms with Crippen molar-refractivity contribution in [3.8, 4) is 11.5 Å². The fourth-order valence-corrected chi connectivity index (χ4v) is 4.94. The maximum atomic E-state index is 12.2. The molecule has 0 saturated carbocycles. The summed E-state index contributed by atoms with van der Waals surface area (Å²) in [7, 11) is 0. The monoisotopic (exact) mass is 496 g/mol. The molecule has 2 rings (SSSR count). The number of phenolic OH excluding ortho intramolecular Hbond substituents is 1. The minimum absolute atomic E-state index is 0.158. The second-order valence-corrected chi connectivity index (χ2v) is 11.4. The number of fused-ring (bicyclic) bond motifs is 1. The van der Waals surface area contributed by atoms with Crippen molar-refractivity contribution in [1.29, 1.82) is 0 Å². The standard InChI is InChI=1S/C32H48O4/c1-22(2)19-29(34)30(35)25(5)15-9-13-23(3)11-8-12-24(4)14-10-17-32(7)18-16-27-21-28(33)20-26(6)31(27)36-32/h14-15,19-21,23,29,33-34H,8-13,16-18H2,1-7H3/b24-14+,25-15+/t23?,29-,32-/m1/s1. The molecule has 1 aromatic rings. The van der Waals surface area contributed by atoms with E-state index < -0.39 is 6.10 Å². The number of allylic oxidation sites excluding steroid dienone is 4. The van der Waals surface area contributed by atoms with Gasteiger partial charge < -0.3 is 14.9 Å². The van der Waals surface area contributed by atoms with Gasteiger partial charge in [0.2, 0.25) is 0 Å². The summed E-state index contributed by atoms with van der Waals surface area (Å²) >= 11 is 0. The van der Waals surface area contributed by atoms with Crippen molar-refractivity contribution < 1.29 is 19.7 Å². The van der Waals surface area contributed by atoms with Gasteiger partial charge in [-0.25, -0.2) is 0 Å². The van der Waals surface area contributed by atoms with Gasteiger partial charge in [-0.2, -0.15) is 0 Å². The predicted molar refractivity (Wildman–Crippen MR) is 150 cm³/mol. The fraction of sp³-hybridized carbons (Fsp3) is 0.594. The van der Waals surface area contributed by atoms with Crippen LogP contribution in [0.25, 0.3) is 0 Å². The average Bonchev–Trinajstić information content (AvgIpc) is 2.78. The van der Waals surface area contributed by atoms with E-state index in [0.717, 1.165) is 67.4 Å². The molecule has 1 aliphatic heterocycles. The van der Waals surface area contributed by atoms with E-state index in [4.69, 9.17) is 4.74 Å². The Bertz CT molecular complexity index is 980. The number of ketones is 1. The molecule has 1 unspecified atom stereocenters. The summed E-state index contributed by atoms with van der Waals surface area (Å²) in [5.41, 5.74) is 5.01. The van der Waals surface area contributed by atoms with Gasteiger partial charge in [0.25, 0.3) is 0 Å². The topological polar surface area (TPSA) is 66.8 Å². The summed E-state index contributed by atoms with van der Waals surface area (Å²) < 4.78 is 6.42. The number of phenols is 1. The molecule has 0 amide bonds. The predicted octanol–water partition coefficient (Wildman–Crippen LogP) is 7.94. The number of hydrogen-bond donors (Lipinski definition) is 2. The summed E-state index contributed by atoms with van der Waals surface area (Å²) in [6.45, 7) is 14.3. The first kappa shape index (κ1) is 29.9. The van der Waals surface area contributed by atoms with Gasteiger partial charge in [-0.05, 0) is 134 Å². The number of aryl methyl sites for hydroxylation is 2. The molecule has 2 N–H and O–H groups in total. The normalized spacial score (nSPS) is 19.8. The van der Waals surface area contributed by atoms with Gasteiger partial charge >= 0.3 is 0 Å².